The van der Waals surface area contributed by atoms with Crippen molar-refractivity contribution >= 4 is 34.4 Å². The summed E-state index contributed by atoms with van der Waals surface area (Å²) in [7, 11) is 1.65. The zero-order chi connectivity index (χ0) is 13.9. The number of halogens is 1. The topological polar surface area (TPSA) is 35.0 Å². The highest BCUT2D eigenvalue weighted by Gasteiger charge is 2.09. The van der Waals surface area contributed by atoms with Crippen molar-refractivity contribution < 1.29 is 4.74 Å². The molecule has 0 saturated heterocycles. The van der Waals surface area contributed by atoms with Crippen LogP contribution in [-0.4, -0.2) is 17.1 Å². The van der Waals surface area contributed by atoms with Crippen molar-refractivity contribution in [1.82, 2.24) is 9.97 Å². The lowest BCUT2D eigenvalue weighted by molar-refractivity contribution is 0.413. The molecule has 3 nitrogen and oxygen atoms in total. The summed E-state index contributed by atoms with van der Waals surface area (Å²) in [6.07, 6.45) is 0. The highest BCUT2D eigenvalue weighted by Crippen LogP contribution is 2.33. The zero-order valence-electron chi connectivity index (χ0n) is 10.7. The van der Waals surface area contributed by atoms with E-state index in [1.54, 1.807) is 7.11 Å². The normalized spacial score (nSPS) is 10.7. The van der Waals surface area contributed by atoms with Crippen LogP contribution < -0.4 is 4.74 Å². The first-order valence-corrected chi connectivity index (χ1v) is 7.20. The molecule has 0 amide bonds. The van der Waals surface area contributed by atoms with Gasteiger partial charge in [-0.15, -0.1) is 0 Å². The van der Waals surface area contributed by atoms with Crippen LogP contribution in [-0.2, 0) is 0 Å². The molecule has 3 aromatic rings. The summed E-state index contributed by atoms with van der Waals surface area (Å²) < 4.78 is 5.21. The number of hydrogen-bond donors (Lipinski definition) is 0. The Labute approximate surface area is 126 Å². The first-order valence-electron chi connectivity index (χ1n) is 6.00. The van der Waals surface area contributed by atoms with Gasteiger partial charge in [-0.2, -0.15) is 0 Å². The van der Waals surface area contributed by atoms with Gasteiger partial charge in [0.25, 0.3) is 0 Å². The number of nitrogens with zero attached hydrogens (tertiary/aromatic N) is 2. The van der Waals surface area contributed by atoms with E-state index in [2.05, 4.69) is 9.97 Å². The third-order valence-corrected chi connectivity index (χ3v) is 4.10. The second kappa shape index (κ2) is 5.69. The van der Waals surface area contributed by atoms with Gasteiger partial charge in [0.1, 0.15) is 10.8 Å². The first kappa shape index (κ1) is 13.2. The predicted octanol–water partition coefficient (Wildman–Crippen LogP) is 4.44. The standard InChI is InChI=1S/C15H11ClN2OS/c1-19-10-5-4-6-11(9-10)20-15-14(16)17-12-7-2-3-8-13(12)18-15/h2-9H,1H3. The van der Waals surface area contributed by atoms with Crippen molar-refractivity contribution in [3.8, 4) is 5.75 Å². The van der Waals surface area contributed by atoms with Gasteiger partial charge in [-0.25, -0.2) is 9.97 Å². The molecule has 0 aliphatic heterocycles. The second-order valence-corrected chi connectivity index (χ2v) is 5.51. The lowest BCUT2D eigenvalue weighted by atomic mass is 10.3. The molecule has 0 atom stereocenters. The average molecular weight is 303 g/mol. The molecule has 0 unspecified atom stereocenters. The molecule has 0 aliphatic rings. The molecular formula is C15H11ClN2OS. The minimum absolute atomic E-state index is 0.413. The van der Waals surface area contributed by atoms with Crippen molar-refractivity contribution in [2.24, 2.45) is 0 Å². The number of fused-ring (bicyclic) bond motifs is 1. The van der Waals surface area contributed by atoms with Crippen molar-refractivity contribution in [3.63, 3.8) is 0 Å². The molecule has 0 radical (unpaired) electrons. The van der Waals surface area contributed by atoms with Crippen LogP contribution in [0.2, 0.25) is 5.15 Å². The summed E-state index contributed by atoms with van der Waals surface area (Å²) in [6, 6.07) is 15.4. The van der Waals surface area contributed by atoms with Gasteiger partial charge in [0.2, 0.25) is 0 Å². The Morgan fingerprint density at radius 2 is 1.75 bits per heavy atom. The van der Waals surface area contributed by atoms with E-state index in [0.29, 0.717) is 10.2 Å². The van der Waals surface area contributed by atoms with Crippen LogP contribution in [0, 0.1) is 0 Å². The molecule has 0 fully saturated rings. The Bertz CT molecular complexity index is 764. The van der Waals surface area contributed by atoms with Crippen LogP contribution in [0.15, 0.2) is 58.5 Å². The van der Waals surface area contributed by atoms with Gasteiger partial charge in [-0.05, 0) is 30.3 Å². The van der Waals surface area contributed by atoms with Crippen LogP contribution in [0.3, 0.4) is 0 Å². The van der Waals surface area contributed by atoms with Crippen molar-refractivity contribution in [2.75, 3.05) is 7.11 Å². The smallest absolute Gasteiger partial charge is 0.162 e. The highest BCUT2D eigenvalue weighted by atomic mass is 35.5. The van der Waals surface area contributed by atoms with E-state index in [1.165, 1.54) is 11.8 Å². The summed E-state index contributed by atoms with van der Waals surface area (Å²) in [5, 5.41) is 1.11. The predicted molar refractivity (Wildman–Crippen MR) is 81.7 cm³/mol. The zero-order valence-corrected chi connectivity index (χ0v) is 12.3. The maximum atomic E-state index is 6.20. The molecule has 0 aliphatic carbocycles. The number of hydrogen-bond acceptors (Lipinski definition) is 4. The molecule has 5 heteroatoms. The molecule has 3 rings (SSSR count). The average Bonchev–Trinajstić information content (AvgIpc) is 2.48. The fraction of sp³-hybridized carbons (Fsp3) is 0.0667. The molecule has 1 heterocycles. The molecule has 1 aromatic heterocycles. The maximum Gasteiger partial charge on any atom is 0.162 e. The van der Waals surface area contributed by atoms with Crippen LogP contribution in [0.25, 0.3) is 11.0 Å². The number of rotatable bonds is 3. The number of para-hydroxylation sites is 2. The third kappa shape index (κ3) is 2.71. The fourth-order valence-electron chi connectivity index (χ4n) is 1.80. The number of ether oxygens (including phenoxy) is 1. The van der Waals surface area contributed by atoms with Crippen LogP contribution >= 0.6 is 23.4 Å². The van der Waals surface area contributed by atoms with Crippen LogP contribution in [0.5, 0.6) is 5.75 Å². The maximum absolute atomic E-state index is 6.20. The highest BCUT2D eigenvalue weighted by molar-refractivity contribution is 7.99. The Kier molecular flexibility index (Phi) is 3.76. The molecule has 0 spiro atoms. The summed E-state index contributed by atoms with van der Waals surface area (Å²) in [5.74, 6) is 0.805. The van der Waals surface area contributed by atoms with Gasteiger partial charge in [0.15, 0.2) is 5.15 Å². The lowest BCUT2D eigenvalue weighted by Gasteiger charge is -2.06. The molecule has 0 saturated carbocycles. The van der Waals surface area contributed by atoms with Gasteiger partial charge >= 0.3 is 0 Å². The number of methoxy groups -OCH3 is 1. The molecule has 100 valence electrons. The fourth-order valence-corrected chi connectivity index (χ4v) is 2.87. The lowest BCUT2D eigenvalue weighted by Crippen LogP contribution is -1.89. The van der Waals surface area contributed by atoms with Crippen molar-refractivity contribution in [3.05, 3.63) is 53.7 Å². The third-order valence-electron chi connectivity index (χ3n) is 2.75. The number of benzene rings is 2. The summed E-state index contributed by atoms with van der Waals surface area (Å²) in [4.78, 5) is 9.93. The van der Waals surface area contributed by atoms with Crippen LogP contribution in [0.4, 0.5) is 0 Å². The number of aromatic nitrogens is 2. The monoisotopic (exact) mass is 302 g/mol. The Hall–Kier alpha value is -1.78. The molecular weight excluding hydrogens is 292 g/mol. The Balaban J connectivity index is 1.99. The van der Waals surface area contributed by atoms with Gasteiger partial charge in [-0.3, -0.25) is 0 Å². The minimum atomic E-state index is 0.413. The second-order valence-electron chi connectivity index (χ2n) is 4.09. The first-order chi connectivity index (χ1) is 9.76. The van der Waals surface area contributed by atoms with E-state index >= 15 is 0 Å². The molecule has 20 heavy (non-hydrogen) atoms. The van der Waals surface area contributed by atoms with E-state index in [0.717, 1.165) is 21.7 Å². The van der Waals surface area contributed by atoms with Gasteiger partial charge in [0, 0.05) is 4.90 Å². The van der Waals surface area contributed by atoms with Crippen molar-refractivity contribution in [1.29, 1.82) is 0 Å². The van der Waals surface area contributed by atoms with Crippen molar-refractivity contribution in [2.45, 2.75) is 9.92 Å². The van der Waals surface area contributed by atoms with Crippen LogP contribution in [0.1, 0.15) is 0 Å². The summed E-state index contributed by atoms with van der Waals surface area (Å²) in [6.45, 7) is 0. The summed E-state index contributed by atoms with van der Waals surface area (Å²) in [5.41, 5.74) is 1.63. The largest absolute Gasteiger partial charge is 0.497 e. The van der Waals surface area contributed by atoms with E-state index in [1.807, 2.05) is 48.5 Å². The van der Waals surface area contributed by atoms with Gasteiger partial charge in [0.05, 0.1) is 18.1 Å². The molecule has 0 N–H and O–H groups in total. The Morgan fingerprint density at radius 3 is 2.50 bits per heavy atom. The SMILES string of the molecule is COc1cccc(Sc2nc3ccccc3nc2Cl)c1. The van der Waals surface area contributed by atoms with E-state index in [4.69, 9.17) is 16.3 Å². The quantitative estimate of drug-likeness (QED) is 0.716. The van der Waals surface area contributed by atoms with E-state index in [-0.39, 0.29) is 0 Å². The minimum Gasteiger partial charge on any atom is -0.497 e. The molecule has 0 bridgehead atoms. The van der Waals surface area contributed by atoms with E-state index < -0.39 is 0 Å². The molecule has 2 aromatic carbocycles. The summed E-state index contributed by atoms with van der Waals surface area (Å²) >= 11 is 7.67. The van der Waals surface area contributed by atoms with Gasteiger partial charge < -0.3 is 4.74 Å². The van der Waals surface area contributed by atoms with Gasteiger partial charge in [-0.1, -0.05) is 41.6 Å². The Morgan fingerprint density at radius 1 is 1.00 bits per heavy atom. The van der Waals surface area contributed by atoms with E-state index in [9.17, 15) is 0 Å².